The van der Waals surface area contributed by atoms with E-state index in [9.17, 15) is 4.79 Å². The summed E-state index contributed by atoms with van der Waals surface area (Å²) in [7, 11) is 0. The molecule has 0 saturated heterocycles. The number of carbonyl (C=O) groups is 1. The molecule has 15 heavy (non-hydrogen) atoms. The van der Waals surface area contributed by atoms with Crippen LogP contribution in [0.4, 0.5) is 0 Å². The molecule has 0 radical (unpaired) electrons. The van der Waals surface area contributed by atoms with Crippen LogP contribution in [0.15, 0.2) is 0 Å². The summed E-state index contributed by atoms with van der Waals surface area (Å²) in [6, 6.07) is 1.99. The fourth-order valence-corrected chi connectivity index (χ4v) is 1.76. The smallest absolute Gasteiger partial charge is 0.260 e. The van der Waals surface area contributed by atoms with Crippen molar-refractivity contribution in [3.05, 3.63) is 0 Å². The summed E-state index contributed by atoms with van der Waals surface area (Å²) in [6.07, 6.45) is 5.91. The van der Waals surface area contributed by atoms with Crippen molar-refractivity contribution in [2.75, 3.05) is 0 Å². The maximum Gasteiger partial charge on any atom is 0.260 e. The number of nitriles is 1. The van der Waals surface area contributed by atoms with Crippen molar-refractivity contribution in [1.29, 1.82) is 5.26 Å². The number of hydroxylamine groups is 1. The van der Waals surface area contributed by atoms with Crippen LogP contribution in [0.5, 0.6) is 0 Å². The van der Waals surface area contributed by atoms with Crippen LogP contribution in [-0.4, -0.2) is 12.0 Å². The van der Waals surface area contributed by atoms with E-state index in [2.05, 4.69) is 5.48 Å². The van der Waals surface area contributed by atoms with E-state index in [1.54, 1.807) is 0 Å². The lowest BCUT2D eigenvalue weighted by molar-refractivity contribution is -0.140. The van der Waals surface area contributed by atoms with Gasteiger partial charge in [0.05, 0.1) is 12.2 Å². The van der Waals surface area contributed by atoms with E-state index >= 15 is 0 Å². The highest BCUT2D eigenvalue weighted by Crippen LogP contribution is 2.20. The van der Waals surface area contributed by atoms with Gasteiger partial charge in [-0.3, -0.25) is 9.63 Å². The first-order valence-corrected chi connectivity index (χ1v) is 5.63. The molecule has 0 bridgehead atoms. The Balaban J connectivity index is 2.24. The summed E-state index contributed by atoms with van der Waals surface area (Å²) in [5.41, 5.74) is 2.40. The van der Waals surface area contributed by atoms with Gasteiger partial charge >= 0.3 is 0 Å². The van der Waals surface area contributed by atoms with Gasteiger partial charge in [-0.05, 0) is 19.3 Å². The Hall–Kier alpha value is -1.08. The van der Waals surface area contributed by atoms with E-state index < -0.39 is 5.92 Å². The van der Waals surface area contributed by atoms with Crippen molar-refractivity contribution in [2.45, 2.75) is 51.6 Å². The minimum absolute atomic E-state index is 0.148. The van der Waals surface area contributed by atoms with Gasteiger partial charge in [-0.2, -0.15) is 5.26 Å². The molecule has 1 atom stereocenters. The Labute approximate surface area is 90.6 Å². The van der Waals surface area contributed by atoms with Crippen molar-refractivity contribution in [3.63, 3.8) is 0 Å². The van der Waals surface area contributed by atoms with Crippen molar-refractivity contribution in [1.82, 2.24) is 5.48 Å². The van der Waals surface area contributed by atoms with Crippen LogP contribution in [0, 0.1) is 17.2 Å². The first-order valence-electron chi connectivity index (χ1n) is 5.63. The summed E-state index contributed by atoms with van der Waals surface area (Å²) in [6.45, 7) is 1.95. The molecule has 0 spiro atoms. The Morgan fingerprint density at radius 2 is 2.27 bits per heavy atom. The molecule has 4 heteroatoms. The van der Waals surface area contributed by atoms with Crippen LogP contribution in [-0.2, 0) is 9.63 Å². The van der Waals surface area contributed by atoms with Crippen molar-refractivity contribution >= 4 is 5.91 Å². The second-order valence-corrected chi connectivity index (χ2v) is 3.96. The third-order valence-corrected chi connectivity index (χ3v) is 2.68. The SMILES string of the molecule is CCCC(C#N)C(=O)NOC1CCCC1. The summed E-state index contributed by atoms with van der Waals surface area (Å²) < 4.78 is 0. The summed E-state index contributed by atoms with van der Waals surface area (Å²) in [4.78, 5) is 16.7. The van der Waals surface area contributed by atoms with Crippen LogP contribution >= 0.6 is 0 Å². The minimum Gasteiger partial charge on any atom is -0.271 e. The Bertz CT molecular complexity index is 241. The standard InChI is InChI=1S/C11H18N2O2/c1-2-5-9(8-12)11(14)13-15-10-6-3-4-7-10/h9-10H,2-7H2,1H3,(H,13,14). The minimum atomic E-state index is -0.573. The molecule has 1 N–H and O–H groups in total. The molecule has 0 aromatic rings. The van der Waals surface area contributed by atoms with E-state index in [1.165, 1.54) is 0 Å². The average molecular weight is 210 g/mol. The predicted molar refractivity (Wildman–Crippen MR) is 55.5 cm³/mol. The first-order chi connectivity index (χ1) is 7.27. The fourth-order valence-electron chi connectivity index (χ4n) is 1.76. The number of carbonyl (C=O) groups excluding carboxylic acids is 1. The average Bonchev–Trinajstić information content (AvgIpc) is 2.75. The molecule has 1 amide bonds. The second kappa shape index (κ2) is 6.41. The number of hydrogen-bond donors (Lipinski definition) is 1. The molecule has 84 valence electrons. The van der Waals surface area contributed by atoms with Crippen molar-refractivity contribution < 1.29 is 9.63 Å². The van der Waals surface area contributed by atoms with Gasteiger partial charge in [-0.1, -0.05) is 26.2 Å². The maximum absolute atomic E-state index is 11.5. The van der Waals surface area contributed by atoms with Gasteiger partial charge in [-0.15, -0.1) is 0 Å². The highest BCUT2D eigenvalue weighted by atomic mass is 16.7. The van der Waals surface area contributed by atoms with Crippen molar-refractivity contribution in [2.24, 2.45) is 5.92 Å². The van der Waals surface area contributed by atoms with E-state index in [0.717, 1.165) is 32.1 Å². The Morgan fingerprint density at radius 1 is 1.60 bits per heavy atom. The summed E-state index contributed by atoms with van der Waals surface area (Å²) >= 11 is 0. The highest BCUT2D eigenvalue weighted by Gasteiger charge is 2.20. The van der Waals surface area contributed by atoms with Crippen LogP contribution in [0.1, 0.15) is 45.4 Å². The molecule has 0 aromatic carbocycles. The molecule has 0 aliphatic heterocycles. The zero-order valence-electron chi connectivity index (χ0n) is 9.16. The van der Waals surface area contributed by atoms with Gasteiger partial charge in [-0.25, -0.2) is 5.48 Å². The van der Waals surface area contributed by atoms with Gasteiger partial charge in [0.15, 0.2) is 0 Å². The molecule has 1 unspecified atom stereocenters. The number of nitrogens with one attached hydrogen (secondary N) is 1. The lowest BCUT2D eigenvalue weighted by Gasteiger charge is -2.13. The zero-order chi connectivity index (χ0) is 11.1. The second-order valence-electron chi connectivity index (χ2n) is 3.96. The third-order valence-electron chi connectivity index (χ3n) is 2.68. The highest BCUT2D eigenvalue weighted by molar-refractivity contribution is 5.79. The predicted octanol–water partition coefficient (Wildman–Crippen LogP) is 1.92. The van der Waals surface area contributed by atoms with Gasteiger partial charge < -0.3 is 0 Å². The number of nitrogens with zero attached hydrogens (tertiary/aromatic N) is 1. The normalized spacial score (nSPS) is 18.4. The lowest BCUT2D eigenvalue weighted by Crippen LogP contribution is -2.33. The van der Waals surface area contributed by atoms with Crippen LogP contribution in [0.25, 0.3) is 0 Å². The molecule has 1 fully saturated rings. The Morgan fingerprint density at radius 3 is 2.80 bits per heavy atom. The quantitative estimate of drug-likeness (QED) is 0.705. The molecule has 1 rings (SSSR count). The van der Waals surface area contributed by atoms with E-state index in [1.807, 2.05) is 13.0 Å². The van der Waals surface area contributed by atoms with Gasteiger partial charge in [0.1, 0.15) is 5.92 Å². The van der Waals surface area contributed by atoms with E-state index in [-0.39, 0.29) is 12.0 Å². The van der Waals surface area contributed by atoms with Gasteiger partial charge in [0.2, 0.25) is 0 Å². The number of hydrogen-bond acceptors (Lipinski definition) is 3. The molecule has 1 aliphatic carbocycles. The van der Waals surface area contributed by atoms with Crippen molar-refractivity contribution in [3.8, 4) is 6.07 Å². The molecular weight excluding hydrogens is 192 g/mol. The van der Waals surface area contributed by atoms with Crippen LogP contribution < -0.4 is 5.48 Å². The Kier molecular flexibility index (Phi) is 5.13. The topological polar surface area (TPSA) is 62.1 Å². The molecular formula is C11H18N2O2. The zero-order valence-corrected chi connectivity index (χ0v) is 9.16. The number of rotatable bonds is 5. The van der Waals surface area contributed by atoms with Crippen LogP contribution in [0.3, 0.4) is 0 Å². The summed E-state index contributed by atoms with van der Waals surface area (Å²) in [5, 5.41) is 8.75. The largest absolute Gasteiger partial charge is 0.271 e. The molecule has 1 saturated carbocycles. The maximum atomic E-state index is 11.5. The molecule has 4 nitrogen and oxygen atoms in total. The van der Waals surface area contributed by atoms with E-state index in [0.29, 0.717) is 6.42 Å². The molecule has 0 heterocycles. The third kappa shape index (κ3) is 3.88. The first kappa shape index (κ1) is 12.0. The van der Waals surface area contributed by atoms with Gasteiger partial charge in [0.25, 0.3) is 5.91 Å². The number of amides is 1. The van der Waals surface area contributed by atoms with E-state index in [4.69, 9.17) is 10.1 Å². The van der Waals surface area contributed by atoms with Gasteiger partial charge in [0, 0.05) is 0 Å². The lowest BCUT2D eigenvalue weighted by atomic mass is 10.1. The monoisotopic (exact) mass is 210 g/mol. The molecule has 1 aliphatic rings. The van der Waals surface area contributed by atoms with Crippen LogP contribution in [0.2, 0.25) is 0 Å². The molecule has 0 aromatic heterocycles. The fraction of sp³-hybridized carbons (Fsp3) is 0.818. The summed E-state index contributed by atoms with van der Waals surface area (Å²) in [5.74, 6) is -0.873.